The molecule has 0 saturated heterocycles. The van der Waals surface area contributed by atoms with E-state index in [4.69, 9.17) is 14.6 Å². The molecule has 0 fully saturated rings. The summed E-state index contributed by atoms with van der Waals surface area (Å²) in [5.74, 6) is 2.57. The number of aromatic nitrogens is 3. The third-order valence-electron chi connectivity index (χ3n) is 5.43. The van der Waals surface area contributed by atoms with Crippen molar-refractivity contribution < 1.29 is 14.3 Å². The lowest BCUT2D eigenvalue weighted by Gasteiger charge is -2.29. The lowest BCUT2D eigenvalue weighted by Crippen LogP contribution is -2.31. The number of carbonyl (C=O) groups excluding carboxylic acids is 1. The van der Waals surface area contributed by atoms with Crippen LogP contribution in [-0.4, -0.2) is 39.6 Å². The highest BCUT2D eigenvalue weighted by molar-refractivity contribution is 7.99. The van der Waals surface area contributed by atoms with Crippen LogP contribution in [0.3, 0.4) is 0 Å². The molecule has 2 aromatic carbocycles. The summed E-state index contributed by atoms with van der Waals surface area (Å²) in [4.78, 5) is 18.2. The van der Waals surface area contributed by atoms with Crippen LogP contribution in [0, 0.1) is 0 Å². The Morgan fingerprint density at radius 1 is 1.11 bits per heavy atom. The lowest BCUT2D eigenvalue weighted by atomic mass is 9.94. The molecule has 9 heteroatoms. The van der Waals surface area contributed by atoms with Gasteiger partial charge in [0.1, 0.15) is 6.04 Å². The normalized spacial score (nSPS) is 14.8. The van der Waals surface area contributed by atoms with Gasteiger partial charge in [-0.2, -0.15) is 4.98 Å². The van der Waals surface area contributed by atoms with Gasteiger partial charge in [0.15, 0.2) is 11.5 Å². The van der Waals surface area contributed by atoms with Crippen LogP contribution in [0.25, 0.3) is 0 Å². The third kappa shape index (κ3) is 5.45. The number of para-hydroxylation sites is 1. The second-order valence-electron chi connectivity index (χ2n) is 7.97. The Hall–Kier alpha value is -3.46. The fourth-order valence-corrected chi connectivity index (χ4v) is 4.49. The Kier molecular flexibility index (Phi) is 7.97. The number of fused-ring (bicyclic) bond motifs is 1. The van der Waals surface area contributed by atoms with Crippen molar-refractivity contribution >= 4 is 29.3 Å². The van der Waals surface area contributed by atoms with Crippen LogP contribution >= 0.6 is 11.8 Å². The number of carbonyl (C=O) groups is 1. The number of nitrogens with zero attached hydrogens (tertiary/aromatic N) is 3. The van der Waals surface area contributed by atoms with Crippen LogP contribution in [0.1, 0.15) is 45.7 Å². The number of ether oxygens (including phenoxy) is 2. The average molecular weight is 494 g/mol. The maximum absolute atomic E-state index is 13.6. The molecule has 2 N–H and O–H groups in total. The van der Waals surface area contributed by atoms with Gasteiger partial charge in [-0.05, 0) is 55.9 Å². The maximum Gasteiger partial charge on any atom is 0.255 e. The summed E-state index contributed by atoms with van der Waals surface area (Å²) in [6.45, 7) is 9.04. The number of anilines is 2. The number of nitrogens with one attached hydrogen (secondary N) is 2. The molecule has 8 nitrogen and oxygen atoms in total. The highest BCUT2D eigenvalue weighted by Crippen LogP contribution is 2.40. The molecule has 1 amide bonds. The van der Waals surface area contributed by atoms with Crippen LogP contribution in [0.2, 0.25) is 0 Å². The topological polar surface area (TPSA) is 90.3 Å². The molecule has 0 saturated carbocycles. The predicted octanol–water partition coefficient (Wildman–Crippen LogP) is 5.51. The minimum Gasteiger partial charge on any atom is -0.490 e. The van der Waals surface area contributed by atoms with E-state index in [9.17, 15) is 4.79 Å². The average Bonchev–Trinajstić information content (AvgIpc) is 3.25. The van der Waals surface area contributed by atoms with Gasteiger partial charge in [0, 0.05) is 11.4 Å². The molecule has 184 valence electrons. The molecule has 2 heterocycles. The molecular formula is C26H31N5O3S. The van der Waals surface area contributed by atoms with Gasteiger partial charge in [0.2, 0.25) is 11.1 Å². The largest absolute Gasteiger partial charge is 0.490 e. The zero-order valence-corrected chi connectivity index (χ0v) is 21.3. The van der Waals surface area contributed by atoms with Crippen molar-refractivity contribution in [2.45, 2.75) is 45.3 Å². The zero-order valence-electron chi connectivity index (χ0n) is 20.5. The van der Waals surface area contributed by atoms with Crippen LogP contribution in [-0.2, 0) is 4.79 Å². The molecule has 4 rings (SSSR count). The van der Waals surface area contributed by atoms with Gasteiger partial charge in [-0.25, -0.2) is 4.68 Å². The van der Waals surface area contributed by atoms with Crippen molar-refractivity contribution in [3.63, 3.8) is 0 Å². The van der Waals surface area contributed by atoms with E-state index < -0.39 is 6.04 Å². The Bertz CT molecular complexity index is 1210. The predicted molar refractivity (Wildman–Crippen MR) is 139 cm³/mol. The quantitative estimate of drug-likeness (QED) is 0.360. The first-order valence-corrected chi connectivity index (χ1v) is 12.9. The summed E-state index contributed by atoms with van der Waals surface area (Å²) in [5.41, 5.74) is 2.86. The van der Waals surface area contributed by atoms with Crippen LogP contribution in [0.15, 0.2) is 65.0 Å². The smallest absolute Gasteiger partial charge is 0.255 e. The molecular weight excluding hydrogens is 462 g/mol. The SMILES string of the molecule is CCCOc1ccc(C2C(C(=O)Nc3ccccc3)=C(C)Nc3nc(SCC)nn32)cc1OCC. The van der Waals surface area contributed by atoms with Crippen LogP contribution < -0.4 is 20.1 Å². The molecule has 1 aliphatic rings. The number of allylic oxidation sites excluding steroid dienone is 1. The summed E-state index contributed by atoms with van der Waals surface area (Å²) in [6, 6.07) is 14.7. The number of amides is 1. The Morgan fingerprint density at radius 2 is 1.91 bits per heavy atom. The molecule has 0 spiro atoms. The summed E-state index contributed by atoms with van der Waals surface area (Å²) in [5, 5.41) is 11.7. The fraction of sp³-hybridized carbons (Fsp3) is 0.346. The summed E-state index contributed by atoms with van der Waals surface area (Å²) in [7, 11) is 0. The van der Waals surface area contributed by atoms with E-state index in [0.717, 1.165) is 29.1 Å². The molecule has 0 aliphatic carbocycles. The first-order chi connectivity index (χ1) is 17.0. The van der Waals surface area contributed by atoms with E-state index in [2.05, 4.69) is 29.5 Å². The molecule has 1 aliphatic heterocycles. The first kappa shape index (κ1) is 24.7. The minimum absolute atomic E-state index is 0.207. The van der Waals surface area contributed by atoms with Crippen molar-refractivity contribution in [1.82, 2.24) is 14.8 Å². The Morgan fingerprint density at radius 3 is 2.63 bits per heavy atom. The molecule has 1 aromatic heterocycles. The maximum atomic E-state index is 13.6. The van der Waals surface area contributed by atoms with E-state index in [1.165, 1.54) is 0 Å². The van der Waals surface area contributed by atoms with Gasteiger partial charge in [-0.15, -0.1) is 5.10 Å². The Balaban J connectivity index is 1.79. The van der Waals surface area contributed by atoms with Gasteiger partial charge in [-0.3, -0.25) is 4.79 Å². The van der Waals surface area contributed by atoms with E-state index in [0.29, 0.717) is 41.4 Å². The fourth-order valence-electron chi connectivity index (χ4n) is 3.94. The monoisotopic (exact) mass is 493 g/mol. The highest BCUT2D eigenvalue weighted by Gasteiger charge is 2.35. The van der Waals surface area contributed by atoms with E-state index in [1.54, 1.807) is 16.4 Å². The van der Waals surface area contributed by atoms with E-state index in [-0.39, 0.29) is 5.91 Å². The van der Waals surface area contributed by atoms with Crippen LogP contribution in [0.4, 0.5) is 11.6 Å². The number of benzene rings is 2. The van der Waals surface area contributed by atoms with Gasteiger partial charge in [-0.1, -0.05) is 49.9 Å². The second kappa shape index (κ2) is 11.3. The van der Waals surface area contributed by atoms with Crippen molar-refractivity contribution in [2.24, 2.45) is 0 Å². The molecule has 1 atom stereocenters. The highest BCUT2D eigenvalue weighted by atomic mass is 32.2. The van der Waals surface area contributed by atoms with Crippen molar-refractivity contribution in [3.05, 3.63) is 65.4 Å². The number of rotatable bonds is 10. The molecule has 3 aromatic rings. The number of hydrogen-bond acceptors (Lipinski definition) is 7. The molecule has 1 unspecified atom stereocenters. The first-order valence-electron chi connectivity index (χ1n) is 11.9. The molecule has 0 bridgehead atoms. The molecule has 0 radical (unpaired) electrons. The van der Waals surface area contributed by atoms with E-state index in [1.807, 2.05) is 62.4 Å². The van der Waals surface area contributed by atoms with Gasteiger partial charge >= 0.3 is 0 Å². The van der Waals surface area contributed by atoms with Crippen molar-refractivity contribution in [3.8, 4) is 11.5 Å². The summed E-state index contributed by atoms with van der Waals surface area (Å²) in [6.07, 6.45) is 0.896. The molecule has 35 heavy (non-hydrogen) atoms. The second-order valence-corrected chi connectivity index (χ2v) is 9.20. The van der Waals surface area contributed by atoms with Gasteiger partial charge in [0.25, 0.3) is 5.91 Å². The van der Waals surface area contributed by atoms with Gasteiger partial charge in [0.05, 0.1) is 18.8 Å². The summed E-state index contributed by atoms with van der Waals surface area (Å²) >= 11 is 1.56. The van der Waals surface area contributed by atoms with Crippen molar-refractivity contribution in [2.75, 3.05) is 29.6 Å². The number of hydrogen-bond donors (Lipinski definition) is 2. The lowest BCUT2D eigenvalue weighted by molar-refractivity contribution is -0.113. The standard InChI is InChI=1S/C26H31N5O3S/c1-5-15-34-20-14-13-18(16-21(20)33-6-2)23-22(24(32)28-19-11-9-8-10-12-19)17(4)27-25-29-26(35-7-3)30-31(23)25/h8-14,16,23H,5-7,15H2,1-4H3,(H,28,32)(H,27,29,30). The number of thioether (sulfide) groups is 1. The zero-order chi connectivity index (χ0) is 24.8. The Labute approximate surface area is 210 Å². The third-order valence-corrected chi connectivity index (χ3v) is 6.15. The van der Waals surface area contributed by atoms with Gasteiger partial charge < -0.3 is 20.1 Å². The minimum atomic E-state index is -0.493. The van der Waals surface area contributed by atoms with Crippen molar-refractivity contribution in [1.29, 1.82) is 0 Å². The van der Waals surface area contributed by atoms with E-state index >= 15 is 0 Å². The summed E-state index contributed by atoms with van der Waals surface area (Å²) < 4.78 is 13.6. The van der Waals surface area contributed by atoms with Crippen LogP contribution in [0.5, 0.6) is 11.5 Å².